The number of aromatic nitrogens is 1. The number of esters is 1. The zero-order valence-corrected chi connectivity index (χ0v) is 10.1. The van der Waals surface area contributed by atoms with Crippen molar-refractivity contribution in [2.24, 2.45) is 0 Å². The summed E-state index contributed by atoms with van der Waals surface area (Å²) in [5.41, 5.74) is 4.38. The minimum absolute atomic E-state index is 0.0537. The molecule has 0 aliphatic heterocycles. The van der Waals surface area contributed by atoms with Gasteiger partial charge in [0.25, 0.3) is 0 Å². The van der Waals surface area contributed by atoms with Gasteiger partial charge < -0.3 is 10.5 Å². The third kappa shape index (κ3) is 2.84. The van der Waals surface area contributed by atoms with Crippen LogP contribution in [0.1, 0.15) is 15.9 Å². The van der Waals surface area contributed by atoms with Gasteiger partial charge in [0.1, 0.15) is 16.3 Å². The first-order valence-corrected chi connectivity index (χ1v) is 5.75. The van der Waals surface area contributed by atoms with Gasteiger partial charge >= 0.3 is 12.1 Å². The van der Waals surface area contributed by atoms with Crippen molar-refractivity contribution in [1.82, 2.24) is 4.37 Å². The molecule has 0 aliphatic rings. The minimum atomic E-state index is -4.60. The molecule has 0 fully saturated rings. The molecule has 2 rings (SSSR count). The topological polar surface area (TPSA) is 65.2 Å². The first-order chi connectivity index (χ1) is 8.89. The molecule has 0 radical (unpaired) electrons. The summed E-state index contributed by atoms with van der Waals surface area (Å²) in [4.78, 5) is 11.7. The average molecular weight is 288 g/mol. The Morgan fingerprint density at radius 3 is 2.58 bits per heavy atom. The zero-order chi connectivity index (χ0) is 14.0. The maximum atomic E-state index is 12.7. The van der Waals surface area contributed by atoms with Crippen LogP contribution >= 0.6 is 11.5 Å². The van der Waals surface area contributed by atoms with Crippen molar-refractivity contribution in [3.05, 3.63) is 41.6 Å². The normalized spacial score (nSPS) is 11.3. The summed E-state index contributed by atoms with van der Waals surface area (Å²) in [6.45, 7) is 0. The van der Waals surface area contributed by atoms with Crippen LogP contribution in [-0.2, 0) is 6.18 Å². The van der Waals surface area contributed by atoms with Crippen molar-refractivity contribution in [1.29, 1.82) is 0 Å². The SMILES string of the molecule is Nc1sncc1C(=O)Oc1ccccc1C(F)(F)F. The summed E-state index contributed by atoms with van der Waals surface area (Å²) in [5, 5.41) is 0.0921. The maximum Gasteiger partial charge on any atom is 0.419 e. The van der Waals surface area contributed by atoms with Crippen molar-refractivity contribution in [2.45, 2.75) is 6.18 Å². The van der Waals surface area contributed by atoms with Crippen molar-refractivity contribution < 1.29 is 22.7 Å². The van der Waals surface area contributed by atoms with E-state index in [9.17, 15) is 18.0 Å². The first-order valence-electron chi connectivity index (χ1n) is 4.98. The number of ether oxygens (including phenoxy) is 1. The van der Waals surface area contributed by atoms with E-state index in [1.165, 1.54) is 12.1 Å². The van der Waals surface area contributed by atoms with Gasteiger partial charge in [-0.05, 0) is 23.7 Å². The molecule has 0 bridgehead atoms. The lowest BCUT2D eigenvalue weighted by molar-refractivity contribution is -0.138. The second-order valence-electron chi connectivity index (χ2n) is 3.49. The molecular weight excluding hydrogens is 281 g/mol. The smallest absolute Gasteiger partial charge is 0.419 e. The molecule has 1 heterocycles. The third-order valence-corrected chi connectivity index (χ3v) is 2.84. The Morgan fingerprint density at radius 2 is 2.00 bits per heavy atom. The van der Waals surface area contributed by atoms with Crippen LogP contribution in [0.25, 0.3) is 0 Å². The van der Waals surface area contributed by atoms with E-state index in [0.29, 0.717) is 0 Å². The Kier molecular flexibility index (Phi) is 3.43. The number of halogens is 3. The van der Waals surface area contributed by atoms with E-state index in [4.69, 9.17) is 10.5 Å². The predicted molar refractivity (Wildman–Crippen MR) is 62.9 cm³/mol. The number of carbonyl (C=O) groups is 1. The van der Waals surface area contributed by atoms with Crippen LogP contribution in [0.15, 0.2) is 30.5 Å². The highest BCUT2D eigenvalue weighted by Crippen LogP contribution is 2.36. The highest BCUT2D eigenvalue weighted by atomic mass is 32.1. The van der Waals surface area contributed by atoms with Gasteiger partial charge in [0, 0.05) is 0 Å². The van der Waals surface area contributed by atoms with E-state index in [1.54, 1.807) is 0 Å². The Labute approximate surface area is 109 Å². The second-order valence-corrected chi connectivity index (χ2v) is 4.32. The predicted octanol–water partition coefficient (Wildman–Crippen LogP) is 2.96. The molecule has 100 valence electrons. The molecule has 0 amide bonds. The highest BCUT2D eigenvalue weighted by Gasteiger charge is 2.34. The molecule has 0 unspecified atom stereocenters. The molecule has 2 N–H and O–H groups in total. The first kappa shape index (κ1) is 13.3. The Bertz CT molecular complexity index is 610. The van der Waals surface area contributed by atoms with E-state index in [-0.39, 0.29) is 10.6 Å². The number of anilines is 1. The minimum Gasteiger partial charge on any atom is -0.422 e. The fraction of sp³-hybridized carbons (Fsp3) is 0.0909. The Morgan fingerprint density at radius 1 is 1.32 bits per heavy atom. The summed E-state index contributed by atoms with van der Waals surface area (Å²) in [7, 11) is 0. The molecule has 0 atom stereocenters. The zero-order valence-electron chi connectivity index (χ0n) is 9.27. The lowest BCUT2D eigenvalue weighted by Crippen LogP contribution is -2.14. The number of nitrogens with two attached hydrogens (primary N) is 1. The van der Waals surface area contributed by atoms with Gasteiger partial charge in [-0.25, -0.2) is 4.79 Å². The molecule has 0 saturated carbocycles. The maximum absolute atomic E-state index is 12.7. The summed E-state index contributed by atoms with van der Waals surface area (Å²) >= 11 is 0.858. The van der Waals surface area contributed by atoms with Gasteiger partial charge in [0.2, 0.25) is 0 Å². The molecule has 19 heavy (non-hydrogen) atoms. The second kappa shape index (κ2) is 4.88. The van der Waals surface area contributed by atoms with E-state index in [0.717, 1.165) is 29.9 Å². The summed E-state index contributed by atoms with van der Waals surface area (Å²) in [5.74, 6) is -1.53. The molecule has 4 nitrogen and oxygen atoms in total. The van der Waals surface area contributed by atoms with Crippen molar-refractivity contribution >= 4 is 22.5 Å². The van der Waals surface area contributed by atoms with Crippen LogP contribution in [0.2, 0.25) is 0 Å². The van der Waals surface area contributed by atoms with Gasteiger partial charge in [-0.15, -0.1) is 0 Å². The number of hydrogen-bond donors (Lipinski definition) is 1. The largest absolute Gasteiger partial charge is 0.422 e. The van der Waals surface area contributed by atoms with Crippen molar-refractivity contribution in [3.8, 4) is 5.75 Å². The molecule has 1 aromatic heterocycles. The Balaban J connectivity index is 2.30. The summed E-state index contributed by atoms with van der Waals surface area (Å²) < 4.78 is 46.5. The summed E-state index contributed by atoms with van der Waals surface area (Å²) in [6, 6.07) is 4.45. The molecule has 0 spiro atoms. The fourth-order valence-corrected chi connectivity index (χ4v) is 1.85. The number of carbonyl (C=O) groups excluding carboxylic acids is 1. The van der Waals surface area contributed by atoms with Gasteiger partial charge in [-0.3, -0.25) is 0 Å². The number of nitrogens with zero attached hydrogens (tertiary/aromatic N) is 1. The number of nitrogen functional groups attached to an aromatic ring is 1. The third-order valence-electron chi connectivity index (χ3n) is 2.21. The van der Waals surface area contributed by atoms with Crippen LogP contribution in [0.4, 0.5) is 18.2 Å². The number of para-hydroxylation sites is 1. The molecule has 8 heteroatoms. The van der Waals surface area contributed by atoms with E-state index in [1.807, 2.05) is 0 Å². The average Bonchev–Trinajstić information content (AvgIpc) is 2.75. The van der Waals surface area contributed by atoms with E-state index in [2.05, 4.69) is 4.37 Å². The highest BCUT2D eigenvalue weighted by molar-refractivity contribution is 7.10. The van der Waals surface area contributed by atoms with Crippen LogP contribution in [-0.4, -0.2) is 10.3 Å². The van der Waals surface area contributed by atoms with Gasteiger partial charge in [0.05, 0.1) is 11.8 Å². The molecule has 0 saturated heterocycles. The number of benzene rings is 1. The van der Waals surface area contributed by atoms with Crippen LogP contribution in [0.3, 0.4) is 0 Å². The van der Waals surface area contributed by atoms with Crippen molar-refractivity contribution in [2.75, 3.05) is 5.73 Å². The quantitative estimate of drug-likeness (QED) is 0.681. The molecular formula is C11H7F3N2O2S. The summed E-state index contributed by atoms with van der Waals surface area (Å²) in [6.07, 6.45) is -3.45. The van der Waals surface area contributed by atoms with Crippen LogP contribution in [0, 0.1) is 0 Å². The Hall–Kier alpha value is -2.09. The molecule has 2 aromatic rings. The number of rotatable bonds is 2. The molecule has 0 aliphatic carbocycles. The fourth-order valence-electron chi connectivity index (χ4n) is 1.35. The van der Waals surface area contributed by atoms with Gasteiger partial charge in [-0.1, -0.05) is 12.1 Å². The van der Waals surface area contributed by atoms with Crippen LogP contribution in [0.5, 0.6) is 5.75 Å². The van der Waals surface area contributed by atoms with Gasteiger partial charge in [-0.2, -0.15) is 17.5 Å². The van der Waals surface area contributed by atoms with Crippen LogP contribution < -0.4 is 10.5 Å². The van der Waals surface area contributed by atoms with E-state index >= 15 is 0 Å². The standard InChI is InChI=1S/C11H7F3N2O2S/c12-11(13,14)7-3-1-2-4-8(7)18-10(17)6-5-16-19-9(6)15/h1-5H,15H2. The monoisotopic (exact) mass is 288 g/mol. The lowest BCUT2D eigenvalue weighted by Gasteiger charge is -2.12. The molecule has 1 aromatic carbocycles. The van der Waals surface area contributed by atoms with E-state index < -0.39 is 23.5 Å². The lowest BCUT2D eigenvalue weighted by atomic mass is 10.2. The number of alkyl halides is 3. The van der Waals surface area contributed by atoms with Gasteiger partial charge in [0.15, 0.2) is 0 Å². The van der Waals surface area contributed by atoms with Crippen molar-refractivity contribution in [3.63, 3.8) is 0 Å². The number of hydrogen-bond acceptors (Lipinski definition) is 5.